The summed E-state index contributed by atoms with van der Waals surface area (Å²) in [6.07, 6.45) is 0. The molecule has 30 heavy (non-hydrogen) atoms. The molecule has 0 fully saturated rings. The molecule has 7 nitrogen and oxygen atoms in total. The molecule has 0 unspecified atom stereocenters. The zero-order chi connectivity index (χ0) is 21.5. The largest absolute Gasteiger partial charge is 0.497 e. The van der Waals surface area contributed by atoms with E-state index in [9.17, 15) is 13.6 Å². The molecule has 1 amide bonds. The van der Waals surface area contributed by atoms with Crippen LogP contribution in [-0.2, 0) is 11.3 Å². The molecule has 3 rings (SSSR count). The van der Waals surface area contributed by atoms with Crippen LogP contribution in [0.3, 0.4) is 0 Å². The average molecular weight is 434 g/mol. The quantitative estimate of drug-likeness (QED) is 0.519. The van der Waals surface area contributed by atoms with Crippen molar-refractivity contribution in [1.29, 1.82) is 0 Å². The van der Waals surface area contributed by atoms with Crippen molar-refractivity contribution in [3.63, 3.8) is 0 Å². The van der Waals surface area contributed by atoms with Crippen molar-refractivity contribution >= 4 is 17.7 Å². The number of aromatic nitrogens is 3. The first-order chi connectivity index (χ1) is 14.5. The lowest BCUT2D eigenvalue weighted by atomic mass is 10.2. The molecule has 158 valence electrons. The van der Waals surface area contributed by atoms with Gasteiger partial charge < -0.3 is 14.8 Å². The maximum Gasteiger partial charge on any atom is 0.387 e. The molecule has 10 heteroatoms. The highest BCUT2D eigenvalue weighted by atomic mass is 32.2. The van der Waals surface area contributed by atoms with Crippen LogP contribution in [0.25, 0.3) is 5.69 Å². The number of methoxy groups -OCH3 is 1. The Balaban J connectivity index is 1.61. The smallest absolute Gasteiger partial charge is 0.387 e. The van der Waals surface area contributed by atoms with Gasteiger partial charge in [0.25, 0.3) is 0 Å². The summed E-state index contributed by atoms with van der Waals surface area (Å²) in [5, 5.41) is 11.5. The fourth-order valence-electron chi connectivity index (χ4n) is 2.70. The highest BCUT2D eigenvalue weighted by Gasteiger charge is 2.14. The molecule has 1 aromatic heterocycles. The van der Waals surface area contributed by atoms with Gasteiger partial charge in [-0.05, 0) is 37.3 Å². The molecule has 1 N–H and O–H groups in total. The summed E-state index contributed by atoms with van der Waals surface area (Å²) in [7, 11) is 1.59. The Hall–Kier alpha value is -3.14. The molecule has 0 aliphatic carbocycles. The number of carbonyl (C=O) groups excluding carboxylic acids is 1. The number of hydrogen-bond donors (Lipinski definition) is 1. The number of alkyl halides is 2. The van der Waals surface area contributed by atoms with Gasteiger partial charge in [0.05, 0.1) is 12.9 Å². The number of hydrogen-bond acceptors (Lipinski definition) is 6. The molecule has 2 aromatic carbocycles. The number of thioether (sulfide) groups is 1. The first-order valence-electron chi connectivity index (χ1n) is 8.96. The van der Waals surface area contributed by atoms with Crippen LogP contribution in [0.2, 0.25) is 0 Å². The van der Waals surface area contributed by atoms with Gasteiger partial charge in [-0.15, -0.1) is 10.2 Å². The summed E-state index contributed by atoms with van der Waals surface area (Å²) < 4.78 is 36.5. The molecule has 0 bridgehead atoms. The van der Waals surface area contributed by atoms with Crippen molar-refractivity contribution in [2.24, 2.45) is 0 Å². The van der Waals surface area contributed by atoms with E-state index in [1.54, 1.807) is 25.3 Å². The van der Waals surface area contributed by atoms with E-state index in [1.807, 2.05) is 35.8 Å². The minimum absolute atomic E-state index is 0.0373. The second-order valence-electron chi connectivity index (χ2n) is 6.11. The molecule has 0 aliphatic rings. The van der Waals surface area contributed by atoms with Crippen LogP contribution in [0, 0.1) is 6.92 Å². The number of halogens is 2. The van der Waals surface area contributed by atoms with Crippen LogP contribution in [-0.4, -0.2) is 40.1 Å². The number of amides is 1. The van der Waals surface area contributed by atoms with Gasteiger partial charge in [-0.1, -0.05) is 30.0 Å². The molecule has 3 aromatic rings. The van der Waals surface area contributed by atoms with E-state index in [2.05, 4.69) is 20.3 Å². The fourth-order valence-corrected chi connectivity index (χ4v) is 3.53. The maximum atomic E-state index is 12.5. The van der Waals surface area contributed by atoms with E-state index < -0.39 is 6.61 Å². The van der Waals surface area contributed by atoms with E-state index >= 15 is 0 Å². The number of ether oxygens (including phenoxy) is 2. The van der Waals surface area contributed by atoms with Crippen LogP contribution < -0.4 is 14.8 Å². The summed E-state index contributed by atoms with van der Waals surface area (Å²) in [4.78, 5) is 12.3. The molecular formula is C20H20F2N4O3S. The van der Waals surface area contributed by atoms with E-state index in [-0.39, 0.29) is 24.0 Å². The van der Waals surface area contributed by atoms with E-state index in [4.69, 9.17) is 4.74 Å². The number of para-hydroxylation sites is 1. The van der Waals surface area contributed by atoms with Crippen molar-refractivity contribution in [2.75, 3.05) is 12.9 Å². The Morgan fingerprint density at radius 1 is 1.17 bits per heavy atom. The molecule has 0 atom stereocenters. The van der Waals surface area contributed by atoms with Gasteiger partial charge in [0, 0.05) is 17.8 Å². The zero-order valence-electron chi connectivity index (χ0n) is 16.3. The van der Waals surface area contributed by atoms with Gasteiger partial charge in [0.1, 0.15) is 17.3 Å². The lowest BCUT2D eigenvalue weighted by molar-refractivity contribution is -0.118. The van der Waals surface area contributed by atoms with Gasteiger partial charge in [0.2, 0.25) is 5.91 Å². The number of benzene rings is 2. The Bertz CT molecular complexity index is 996. The van der Waals surface area contributed by atoms with Gasteiger partial charge in [-0.2, -0.15) is 8.78 Å². The van der Waals surface area contributed by atoms with E-state index in [0.29, 0.717) is 16.5 Å². The SMILES string of the molecule is COc1ccc(-n2c(C)nnc2SCC(=O)NCc2ccccc2OC(F)F)cc1. The number of nitrogens with zero attached hydrogens (tertiary/aromatic N) is 3. The molecule has 0 aliphatic heterocycles. The third kappa shape index (κ3) is 5.47. The third-order valence-electron chi connectivity index (χ3n) is 4.12. The number of aryl methyl sites for hydroxylation is 1. The summed E-state index contributed by atoms with van der Waals surface area (Å²) in [5.74, 6) is 1.27. The highest BCUT2D eigenvalue weighted by molar-refractivity contribution is 7.99. The lowest BCUT2D eigenvalue weighted by Crippen LogP contribution is -2.25. The number of carbonyl (C=O) groups is 1. The van der Waals surface area contributed by atoms with Gasteiger partial charge in [-0.25, -0.2) is 0 Å². The third-order valence-corrected chi connectivity index (χ3v) is 5.05. The Labute approximate surface area is 176 Å². The molecule has 1 heterocycles. The second-order valence-corrected chi connectivity index (χ2v) is 7.06. The zero-order valence-corrected chi connectivity index (χ0v) is 17.2. The van der Waals surface area contributed by atoms with E-state index in [0.717, 1.165) is 11.4 Å². The average Bonchev–Trinajstić information content (AvgIpc) is 3.11. The lowest BCUT2D eigenvalue weighted by Gasteiger charge is -2.12. The Morgan fingerprint density at radius 2 is 1.90 bits per heavy atom. The second kappa shape index (κ2) is 10.1. The monoisotopic (exact) mass is 434 g/mol. The molecule has 0 saturated heterocycles. The Morgan fingerprint density at radius 3 is 2.60 bits per heavy atom. The number of rotatable bonds is 9. The van der Waals surface area contributed by atoms with E-state index in [1.165, 1.54) is 17.8 Å². The fraction of sp³-hybridized carbons (Fsp3) is 0.250. The normalized spacial score (nSPS) is 10.8. The van der Waals surface area contributed by atoms with Crippen molar-refractivity contribution in [1.82, 2.24) is 20.1 Å². The first-order valence-corrected chi connectivity index (χ1v) is 9.95. The summed E-state index contributed by atoms with van der Waals surface area (Å²) in [5.41, 5.74) is 1.31. The minimum Gasteiger partial charge on any atom is -0.497 e. The predicted molar refractivity (Wildman–Crippen MR) is 108 cm³/mol. The molecule has 0 radical (unpaired) electrons. The van der Waals surface area contributed by atoms with Crippen LogP contribution in [0.15, 0.2) is 53.7 Å². The summed E-state index contributed by atoms with van der Waals surface area (Å²) in [6.45, 7) is -1.03. The summed E-state index contributed by atoms with van der Waals surface area (Å²) in [6, 6.07) is 13.7. The maximum absolute atomic E-state index is 12.5. The van der Waals surface area contributed by atoms with Crippen molar-refractivity contribution < 1.29 is 23.0 Å². The van der Waals surface area contributed by atoms with Crippen molar-refractivity contribution in [3.05, 3.63) is 59.9 Å². The van der Waals surface area contributed by atoms with Crippen LogP contribution in [0.1, 0.15) is 11.4 Å². The van der Waals surface area contributed by atoms with Crippen molar-refractivity contribution in [2.45, 2.75) is 25.2 Å². The Kier molecular flexibility index (Phi) is 7.23. The first kappa shape index (κ1) is 21.6. The van der Waals surface area contributed by atoms with Gasteiger partial charge in [0.15, 0.2) is 5.16 Å². The standard InChI is InChI=1S/C20H20F2N4O3S/c1-13-24-25-20(26(13)15-7-9-16(28-2)10-8-15)30-12-18(27)23-11-14-5-3-4-6-17(14)29-19(21)22/h3-10,19H,11-12H2,1-2H3,(H,23,27). The predicted octanol–water partition coefficient (Wildman–Crippen LogP) is 3.59. The van der Waals surface area contributed by atoms with Gasteiger partial charge in [-0.3, -0.25) is 9.36 Å². The topological polar surface area (TPSA) is 78.3 Å². The summed E-state index contributed by atoms with van der Waals surface area (Å²) >= 11 is 1.23. The van der Waals surface area contributed by atoms with Crippen LogP contribution in [0.5, 0.6) is 11.5 Å². The van der Waals surface area contributed by atoms with Crippen molar-refractivity contribution in [3.8, 4) is 17.2 Å². The minimum atomic E-state index is -2.93. The van der Waals surface area contributed by atoms with Crippen LogP contribution in [0.4, 0.5) is 8.78 Å². The van der Waals surface area contributed by atoms with Crippen LogP contribution >= 0.6 is 11.8 Å². The molecule has 0 saturated carbocycles. The van der Waals surface area contributed by atoms with Gasteiger partial charge >= 0.3 is 6.61 Å². The molecular weight excluding hydrogens is 414 g/mol. The molecule has 0 spiro atoms. The highest BCUT2D eigenvalue weighted by Crippen LogP contribution is 2.24. The number of nitrogens with one attached hydrogen (secondary N) is 1.